The minimum Gasteiger partial charge on any atom is -0.326 e. The minimum atomic E-state index is -1.01. The van der Waals surface area contributed by atoms with E-state index in [1.54, 1.807) is 20.0 Å². The van der Waals surface area contributed by atoms with E-state index < -0.39 is 5.54 Å². The van der Waals surface area contributed by atoms with Gasteiger partial charge in [-0.05, 0) is 50.5 Å². The van der Waals surface area contributed by atoms with Gasteiger partial charge in [-0.1, -0.05) is 49.4 Å². The molecule has 1 heterocycles. The van der Waals surface area contributed by atoms with Crippen LogP contribution in [0.15, 0.2) is 54.6 Å². The average molecular weight is 389 g/mol. The van der Waals surface area contributed by atoms with Gasteiger partial charge in [0.1, 0.15) is 11.2 Å². The molecule has 0 aliphatic rings. The molecule has 1 aromatic heterocycles. The number of rotatable bonds is 5. The van der Waals surface area contributed by atoms with Crippen molar-refractivity contribution in [1.82, 2.24) is 9.88 Å². The number of hydrogen-bond donors (Lipinski definition) is 1. The molecule has 0 unspecified atom stereocenters. The zero-order valence-electron chi connectivity index (χ0n) is 17.6. The Balaban J connectivity index is 1.89. The summed E-state index contributed by atoms with van der Waals surface area (Å²) in [6, 6.07) is 17.1. The van der Waals surface area contributed by atoms with Gasteiger partial charge >= 0.3 is 0 Å². The third kappa shape index (κ3) is 3.86. The van der Waals surface area contributed by atoms with Crippen molar-refractivity contribution in [3.05, 3.63) is 71.4 Å². The van der Waals surface area contributed by atoms with Crippen molar-refractivity contribution in [3.63, 3.8) is 0 Å². The van der Waals surface area contributed by atoms with Gasteiger partial charge in [-0.15, -0.1) is 0 Å². The van der Waals surface area contributed by atoms with Gasteiger partial charge in [-0.2, -0.15) is 0 Å². The molecular weight excluding hydrogens is 362 g/mol. The van der Waals surface area contributed by atoms with E-state index in [9.17, 15) is 9.59 Å². The molecule has 2 aromatic carbocycles. The molecule has 0 bridgehead atoms. The van der Waals surface area contributed by atoms with Gasteiger partial charge in [-0.3, -0.25) is 9.59 Å². The van der Waals surface area contributed by atoms with Crippen molar-refractivity contribution in [2.45, 2.75) is 39.7 Å². The number of hydrogen-bond acceptors (Lipinski definition) is 3. The van der Waals surface area contributed by atoms with Crippen LogP contribution in [0.2, 0.25) is 0 Å². The standard InChI is InChI=1S/C24H27N3O2/c1-6-24(4,23(29)26-21-16(2)10-9-11-17(21)3)27(5)22(28)20-15-14-18-12-7-8-13-19(18)25-20/h7-15H,6H2,1-5H3,(H,26,29)/t24-/m0/s1. The molecule has 29 heavy (non-hydrogen) atoms. The lowest BCUT2D eigenvalue weighted by molar-refractivity contribution is -0.125. The molecule has 0 radical (unpaired) electrons. The van der Waals surface area contributed by atoms with Crippen molar-refractivity contribution in [3.8, 4) is 0 Å². The minimum absolute atomic E-state index is 0.214. The van der Waals surface area contributed by atoms with Gasteiger partial charge in [0.2, 0.25) is 5.91 Å². The summed E-state index contributed by atoms with van der Waals surface area (Å²) in [6.07, 6.45) is 0.472. The number of nitrogens with zero attached hydrogens (tertiary/aromatic N) is 2. The molecule has 1 N–H and O–H groups in total. The number of amides is 2. The molecule has 0 aliphatic carbocycles. The Morgan fingerprint density at radius 1 is 1.00 bits per heavy atom. The second kappa shape index (κ2) is 8.03. The lowest BCUT2D eigenvalue weighted by atomic mass is 9.94. The van der Waals surface area contributed by atoms with E-state index in [1.807, 2.05) is 69.3 Å². The fourth-order valence-electron chi connectivity index (χ4n) is 3.39. The Morgan fingerprint density at radius 3 is 2.31 bits per heavy atom. The zero-order valence-corrected chi connectivity index (χ0v) is 17.6. The Hall–Kier alpha value is -3.21. The second-order valence-corrected chi connectivity index (χ2v) is 7.60. The van der Waals surface area contributed by atoms with Crippen LogP contribution in [-0.2, 0) is 4.79 Å². The number of pyridine rings is 1. The highest BCUT2D eigenvalue weighted by Gasteiger charge is 2.39. The molecule has 0 saturated carbocycles. The first-order chi connectivity index (χ1) is 13.8. The maximum absolute atomic E-state index is 13.2. The predicted molar refractivity (Wildman–Crippen MR) is 117 cm³/mol. The monoisotopic (exact) mass is 389 g/mol. The highest BCUT2D eigenvalue weighted by molar-refractivity contribution is 6.04. The highest BCUT2D eigenvalue weighted by atomic mass is 16.2. The number of likely N-dealkylation sites (N-methyl/N-ethyl adjacent to an activating group) is 1. The van der Waals surface area contributed by atoms with Crippen LogP contribution < -0.4 is 5.32 Å². The van der Waals surface area contributed by atoms with Gasteiger partial charge in [-0.25, -0.2) is 4.98 Å². The second-order valence-electron chi connectivity index (χ2n) is 7.60. The summed E-state index contributed by atoms with van der Waals surface area (Å²) in [6.45, 7) is 7.61. The van der Waals surface area contributed by atoms with Crippen LogP contribution in [-0.4, -0.2) is 34.3 Å². The number of para-hydroxylation sites is 2. The Bertz CT molecular complexity index is 1060. The van der Waals surface area contributed by atoms with Crippen molar-refractivity contribution in [2.24, 2.45) is 0 Å². The number of carbonyl (C=O) groups is 2. The van der Waals surface area contributed by atoms with Crippen molar-refractivity contribution < 1.29 is 9.59 Å². The molecule has 5 heteroatoms. The first kappa shape index (κ1) is 20.5. The molecule has 0 fully saturated rings. The number of fused-ring (bicyclic) bond motifs is 1. The third-order valence-corrected chi connectivity index (χ3v) is 5.76. The summed E-state index contributed by atoms with van der Waals surface area (Å²) < 4.78 is 0. The fraction of sp³-hybridized carbons (Fsp3) is 0.292. The van der Waals surface area contributed by atoms with Gasteiger partial charge in [0, 0.05) is 18.1 Å². The number of benzene rings is 2. The Morgan fingerprint density at radius 2 is 1.66 bits per heavy atom. The van der Waals surface area contributed by atoms with Crippen LogP contribution in [0.1, 0.15) is 41.9 Å². The lowest BCUT2D eigenvalue weighted by Gasteiger charge is -2.37. The zero-order chi connectivity index (χ0) is 21.2. The first-order valence-electron chi connectivity index (χ1n) is 9.79. The molecule has 1 atom stereocenters. The summed E-state index contributed by atoms with van der Waals surface area (Å²) in [5.74, 6) is -0.495. The first-order valence-corrected chi connectivity index (χ1v) is 9.79. The molecule has 3 rings (SSSR count). The maximum atomic E-state index is 13.2. The molecule has 0 aliphatic heterocycles. The van der Waals surface area contributed by atoms with Gasteiger partial charge in [0.25, 0.3) is 5.91 Å². The molecule has 0 spiro atoms. The SMILES string of the molecule is CC[C@@](C)(C(=O)Nc1c(C)cccc1C)N(C)C(=O)c1ccc2ccccc2n1. The normalized spacial score (nSPS) is 13.0. The molecular formula is C24H27N3O2. The number of anilines is 1. The topological polar surface area (TPSA) is 62.3 Å². The number of aryl methyl sites for hydroxylation is 2. The van der Waals surface area contributed by atoms with Crippen molar-refractivity contribution in [2.75, 3.05) is 12.4 Å². The molecule has 0 saturated heterocycles. The largest absolute Gasteiger partial charge is 0.326 e. The van der Waals surface area contributed by atoms with Crippen molar-refractivity contribution in [1.29, 1.82) is 0 Å². The van der Waals surface area contributed by atoms with E-state index >= 15 is 0 Å². The smallest absolute Gasteiger partial charge is 0.273 e. The number of carbonyl (C=O) groups excluding carboxylic acids is 2. The van der Waals surface area contributed by atoms with Crippen molar-refractivity contribution >= 4 is 28.4 Å². The maximum Gasteiger partial charge on any atom is 0.273 e. The van der Waals surface area contributed by atoms with Crippen LogP contribution in [0, 0.1) is 13.8 Å². The quantitative estimate of drug-likeness (QED) is 0.686. The van der Waals surface area contributed by atoms with E-state index in [0.717, 1.165) is 27.7 Å². The van der Waals surface area contributed by atoms with E-state index in [1.165, 1.54) is 4.90 Å². The lowest BCUT2D eigenvalue weighted by Crippen LogP contribution is -2.55. The van der Waals surface area contributed by atoms with Gasteiger partial charge in [0.05, 0.1) is 5.52 Å². The fourth-order valence-corrected chi connectivity index (χ4v) is 3.39. The number of nitrogens with one attached hydrogen (secondary N) is 1. The summed E-state index contributed by atoms with van der Waals surface area (Å²) in [5, 5.41) is 4.00. The van der Waals surface area contributed by atoms with E-state index in [4.69, 9.17) is 0 Å². The number of aromatic nitrogens is 1. The molecule has 3 aromatic rings. The Kier molecular flexibility index (Phi) is 5.69. The average Bonchev–Trinajstić information content (AvgIpc) is 2.74. The van der Waals surface area contributed by atoms with E-state index in [2.05, 4.69) is 10.3 Å². The van der Waals surface area contributed by atoms with E-state index in [0.29, 0.717) is 12.1 Å². The van der Waals surface area contributed by atoms with Crippen LogP contribution in [0.5, 0.6) is 0 Å². The van der Waals surface area contributed by atoms with Crippen LogP contribution in [0.4, 0.5) is 5.69 Å². The molecule has 150 valence electrons. The predicted octanol–water partition coefficient (Wildman–Crippen LogP) is 4.73. The highest BCUT2D eigenvalue weighted by Crippen LogP contribution is 2.26. The van der Waals surface area contributed by atoms with E-state index in [-0.39, 0.29) is 11.8 Å². The Labute approximate surface area is 171 Å². The summed E-state index contributed by atoms with van der Waals surface area (Å²) in [4.78, 5) is 32.4. The van der Waals surface area contributed by atoms with Gasteiger partial charge in [0.15, 0.2) is 0 Å². The molecule has 5 nitrogen and oxygen atoms in total. The summed E-state index contributed by atoms with van der Waals surface area (Å²) >= 11 is 0. The van der Waals surface area contributed by atoms with Crippen LogP contribution in [0.3, 0.4) is 0 Å². The van der Waals surface area contributed by atoms with Gasteiger partial charge < -0.3 is 10.2 Å². The van der Waals surface area contributed by atoms with Crippen LogP contribution in [0.25, 0.3) is 10.9 Å². The summed E-state index contributed by atoms with van der Waals surface area (Å²) in [7, 11) is 1.66. The summed E-state index contributed by atoms with van der Waals surface area (Å²) in [5.41, 5.74) is 2.83. The van der Waals surface area contributed by atoms with Crippen LogP contribution >= 0.6 is 0 Å². The molecule has 2 amide bonds. The third-order valence-electron chi connectivity index (χ3n) is 5.76.